The van der Waals surface area contributed by atoms with E-state index in [-0.39, 0.29) is 0 Å². The van der Waals surface area contributed by atoms with E-state index in [2.05, 4.69) is 11.1 Å². The van der Waals surface area contributed by atoms with Crippen LogP contribution in [0.1, 0.15) is 25.0 Å². The zero-order valence-electron chi connectivity index (χ0n) is 14.2. The molecule has 0 N–H and O–H groups in total. The molecule has 0 saturated carbocycles. The van der Waals surface area contributed by atoms with Crippen LogP contribution < -0.4 is 10.6 Å². The molecule has 2 heterocycles. The van der Waals surface area contributed by atoms with E-state index in [1.807, 2.05) is 32.0 Å². The van der Waals surface area contributed by atoms with Crippen molar-refractivity contribution in [1.29, 1.82) is 5.26 Å². The number of aliphatic imine (C=N–C) groups is 1. The molecule has 5 nitrogen and oxygen atoms in total. The molecule has 5 heteroatoms. The zero-order valence-corrected chi connectivity index (χ0v) is 14.2. The Bertz CT molecular complexity index is 1250. The van der Waals surface area contributed by atoms with Crippen LogP contribution in [0.15, 0.2) is 34.3 Å². The molecule has 0 radical (unpaired) electrons. The number of carbonyl (C=O) groups excluding carboxylic acids is 1. The molecule has 0 spiro atoms. The second-order valence-electron chi connectivity index (χ2n) is 6.05. The van der Waals surface area contributed by atoms with Crippen LogP contribution in [0.2, 0.25) is 0 Å². The quantitative estimate of drug-likeness (QED) is 0.677. The molecule has 2 aliphatic heterocycles. The summed E-state index contributed by atoms with van der Waals surface area (Å²) in [5, 5.41) is 12.8. The summed E-state index contributed by atoms with van der Waals surface area (Å²) in [6, 6.07) is 9.59. The molecule has 2 aromatic carbocycles. The monoisotopic (exact) mass is 329 g/mol. The van der Waals surface area contributed by atoms with Crippen molar-refractivity contribution in [3.8, 4) is 6.07 Å². The summed E-state index contributed by atoms with van der Waals surface area (Å²) < 4.78 is 5.10. The van der Waals surface area contributed by atoms with E-state index in [0.717, 1.165) is 43.5 Å². The fourth-order valence-electron chi connectivity index (χ4n) is 3.46. The maximum absolute atomic E-state index is 12.1. The SMILES string of the molecule is CCOC(=O)C1=Nc2cc3c(c(C)c2=C1C)N=c1ccc(C#N)cc1=3. The van der Waals surface area contributed by atoms with Crippen LogP contribution in [-0.4, -0.2) is 18.3 Å². The topological polar surface area (TPSA) is 74.8 Å². The van der Waals surface area contributed by atoms with Gasteiger partial charge in [0.1, 0.15) is 0 Å². The average Bonchev–Trinajstić information content (AvgIpc) is 3.13. The summed E-state index contributed by atoms with van der Waals surface area (Å²) in [6.45, 7) is 5.97. The standard InChI is InChI=1S/C20H15N3O2/c1-4-25-20(24)19-11(3)17-10(2)18-14(8-16(17)23-19)13-7-12(9-21)5-6-15(13)22-18/h5-8H,4H2,1-3H3. The molecule has 0 atom stereocenters. The highest BCUT2D eigenvalue weighted by Gasteiger charge is 2.24. The number of hydrogen-bond acceptors (Lipinski definition) is 5. The molecule has 25 heavy (non-hydrogen) atoms. The van der Waals surface area contributed by atoms with Crippen LogP contribution in [0.5, 0.6) is 0 Å². The number of nitriles is 1. The molecule has 2 aromatic rings. The van der Waals surface area contributed by atoms with E-state index < -0.39 is 5.97 Å². The van der Waals surface area contributed by atoms with Gasteiger partial charge in [-0.3, -0.25) is 0 Å². The second kappa shape index (κ2) is 5.38. The van der Waals surface area contributed by atoms with Crippen LogP contribution in [0, 0.1) is 28.7 Å². The lowest BCUT2D eigenvalue weighted by atomic mass is 10.0. The van der Waals surface area contributed by atoms with Gasteiger partial charge in [0, 0.05) is 15.7 Å². The summed E-state index contributed by atoms with van der Waals surface area (Å²) in [7, 11) is 0. The number of ether oxygens (including phenoxy) is 1. The fraction of sp³-hybridized carbons (Fsp3) is 0.200. The first-order valence-corrected chi connectivity index (χ1v) is 8.09. The predicted molar refractivity (Wildman–Crippen MR) is 93.3 cm³/mol. The van der Waals surface area contributed by atoms with E-state index in [1.54, 1.807) is 13.0 Å². The van der Waals surface area contributed by atoms with Gasteiger partial charge in [-0.25, -0.2) is 14.8 Å². The Hall–Kier alpha value is -3.26. The summed E-state index contributed by atoms with van der Waals surface area (Å²) in [4.78, 5) is 21.4. The number of rotatable bonds is 2. The minimum Gasteiger partial charge on any atom is -0.461 e. The molecule has 122 valence electrons. The van der Waals surface area contributed by atoms with Crippen LogP contribution in [0.4, 0.5) is 11.4 Å². The number of fused-ring (bicyclic) bond motifs is 3. The van der Waals surface area contributed by atoms with Gasteiger partial charge in [-0.2, -0.15) is 5.26 Å². The molecular formula is C20H15N3O2. The van der Waals surface area contributed by atoms with Gasteiger partial charge in [0.2, 0.25) is 0 Å². The first-order valence-electron chi connectivity index (χ1n) is 8.09. The van der Waals surface area contributed by atoms with Gasteiger partial charge >= 0.3 is 5.97 Å². The highest BCUT2D eigenvalue weighted by atomic mass is 16.5. The summed E-state index contributed by atoms with van der Waals surface area (Å²) >= 11 is 0. The van der Waals surface area contributed by atoms with Gasteiger partial charge in [-0.1, -0.05) is 0 Å². The first-order chi connectivity index (χ1) is 12.0. The van der Waals surface area contributed by atoms with Crippen LogP contribution in [0.3, 0.4) is 0 Å². The highest BCUT2D eigenvalue weighted by molar-refractivity contribution is 6.53. The lowest BCUT2D eigenvalue weighted by Crippen LogP contribution is -2.19. The fourth-order valence-corrected chi connectivity index (χ4v) is 3.46. The molecular weight excluding hydrogens is 314 g/mol. The van der Waals surface area contributed by atoms with E-state index in [0.29, 0.717) is 17.9 Å². The Morgan fingerprint density at radius 3 is 2.72 bits per heavy atom. The molecule has 0 bridgehead atoms. The predicted octanol–water partition coefficient (Wildman–Crippen LogP) is 2.24. The Balaban J connectivity index is 2.06. The largest absolute Gasteiger partial charge is 0.461 e. The molecule has 4 rings (SSSR count). The Labute approximate surface area is 143 Å². The summed E-state index contributed by atoms with van der Waals surface area (Å²) in [6.07, 6.45) is 0. The molecule has 0 unspecified atom stereocenters. The van der Waals surface area contributed by atoms with Crippen molar-refractivity contribution in [1.82, 2.24) is 0 Å². The maximum Gasteiger partial charge on any atom is 0.357 e. The molecule has 0 aliphatic carbocycles. The Morgan fingerprint density at radius 1 is 1.20 bits per heavy atom. The molecule has 2 aliphatic rings. The number of hydrogen-bond donors (Lipinski definition) is 0. The van der Waals surface area contributed by atoms with E-state index in [4.69, 9.17) is 15.0 Å². The van der Waals surface area contributed by atoms with Crippen molar-refractivity contribution < 1.29 is 9.53 Å². The van der Waals surface area contributed by atoms with Crippen molar-refractivity contribution in [3.05, 3.63) is 56.4 Å². The van der Waals surface area contributed by atoms with Gasteiger partial charge < -0.3 is 4.74 Å². The Kier molecular flexibility index (Phi) is 3.29. The maximum atomic E-state index is 12.1. The second-order valence-corrected chi connectivity index (χ2v) is 6.05. The third kappa shape index (κ3) is 2.11. The minimum atomic E-state index is -0.403. The number of benzene rings is 2. The van der Waals surface area contributed by atoms with Gasteiger partial charge in [0.25, 0.3) is 0 Å². The van der Waals surface area contributed by atoms with Crippen molar-refractivity contribution in [2.45, 2.75) is 20.8 Å². The number of carbonyl (C=O) groups is 1. The molecule has 0 saturated heterocycles. The summed E-state index contributed by atoms with van der Waals surface area (Å²) in [5.74, 6) is -0.403. The van der Waals surface area contributed by atoms with Crippen LogP contribution in [0.25, 0.3) is 5.57 Å². The van der Waals surface area contributed by atoms with E-state index >= 15 is 0 Å². The Morgan fingerprint density at radius 2 is 2.00 bits per heavy atom. The zero-order chi connectivity index (χ0) is 17.7. The summed E-state index contributed by atoms with van der Waals surface area (Å²) in [5.41, 5.74) is 4.39. The first kappa shape index (κ1) is 15.3. The van der Waals surface area contributed by atoms with Crippen molar-refractivity contribution in [3.63, 3.8) is 0 Å². The average molecular weight is 329 g/mol. The van der Waals surface area contributed by atoms with E-state index in [1.165, 1.54) is 0 Å². The third-order valence-corrected chi connectivity index (χ3v) is 4.60. The van der Waals surface area contributed by atoms with Crippen LogP contribution >= 0.6 is 0 Å². The van der Waals surface area contributed by atoms with Gasteiger partial charge in [-0.05, 0) is 56.2 Å². The lowest BCUT2D eigenvalue weighted by Gasteiger charge is -2.03. The number of esters is 1. The van der Waals surface area contributed by atoms with Crippen molar-refractivity contribution in [2.75, 3.05) is 6.61 Å². The number of nitrogens with zero attached hydrogens (tertiary/aromatic N) is 3. The normalized spacial score (nSPS) is 13.4. The van der Waals surface area contributed by atoms with E-state index in [9.17, 15) is 4.79 Å². The van der Waals surface area contributed by atoms with Crippen molar-refractivity contribution >= 4 is 28.6 Å². The van der Waals surface area contributed by atoms with Gasteiger partial charge in [0.15, 0.2) is 5.71 Å². The van der Waals surface area contributed by atoms with Gasteiger partial charge in [-0.15, -0.1) is 0 Å². The highest BCUT2D eigenvalue weighted by Crippen LogP contribution is 2.28. The minimum absolute atomic E-state index is 0.316. The third-order valence-electron chi connectivity index (χ3n) is 4.60. The van der Waals surface area contributed by atoms with Crippen LogP contribution in [-0.2, 0) is 9.53 Å². The smallest absolute Gasteiger partial charge is 0.357 e. The lowest BCUT2D eigenvalue weighted by molar-refractivity contribution is -0.134. The van der Waals surface area contributed by atoms with Crippen molar-refractivity contribution in [2.24, 2.45) is 9.98 Å². The molecule has 0 amide bonds. The molecule has 0 fully saturated rings. The van der Waals surface area contributed by atoms with Gasteiger partial charge in [0.05, 0.1) is 35.0 Å². The molecule has 0 aromatic heterocycles.